The Bertz CT molecular complexity index is 579. The van der Waals surface area contributed by atoms with Crippen LogP contribution in [0.1, 0.15) is 37.2 Å². The van der Waals surface area contributed by atoms with Gasteiger partial charge in [-0.3, -0.25) is 9.69 Å². The first-order valence-electron chi connectivity index (χ1n) is 9.39. The van der Waals surface area contributed by atoms with Gasteiger partial charge < -0.3 is 14.1 Å². The average Bonchev–Trinajstić information content (AvgIpc) is 3.25. The predicted octanol–water partition coefficient (Wildman–Crippen LogP) is 2.44. The summed E-state index contributed by atoms with van der Waals surface area (Å²) in [7, 11) is 0. The smallest absolute Gasteiger partial charge is 0.226 e. The second-order valence-corrected chi connectivity index (χ2v) is 7.54. The number of rotatable bonds is 3. The molecule has 3 saturated heterocycles. The second-order valence-electron chi connectivity index (χ2n) is 7.54. The summed E-state index contributed by atoms with van der Waals surface area (Å²) in [6.45, 7) is 7.41. The minimum absolute atomic E-state index is 0.142. The van der Waals surface area contributed by atoms with Crippen molar-refractivity contribution in [3.63, 3.8) is 0 Å². The number of aryl methyl sites for hydroxylation is 1. The maximum atomic E-state index is 13.0. The summed E-state index contributed by atoms with van der Waals surface area (Å²) in [6.07, 6.45) is 4.48. The van der Waals surface area contributed by atoms with Gasteiger partial charge in [-0.2, -0.15) is 0 Å². The second kappa shape index (κ2) is 6.89. The summed E-state index contributed by atoms with van der Waals surface area (Å²) in [5.41, 5.74) is 0. The van der Waals surface area contributed by atoms with Crippen molar-refractivity contribution < 1.29 is 13.9 Å². The number of ether oxygens (including phenoxy) is 1. The molecule has 132 valence electrons. The van der Waals surface area contributed by atoms with Crippen LogP contribution in [0, 0.1) is 18.8 Å². The molecule has 5 heteroatoms. The van der Waals surface area contributed by atoms with Gasteiger partial charge in [0.2, 0.25) is 5.91 Å². The monoisotopic (exact) mass is 332 g/mol. The van der Waals surface area contributed by atoms with Crippen LogP contribution in [0.5, 0.6) is 0 Å². The van der Waals surface area contributed by atoms with E-state index in [1.807, 2.05) is 13.0 Å². The molecule has 0 saturated carbocycles. The first kappa shape index (κ1) is 16.2. The number of carbonyl (C=O) groups is 1. The molecule has 1 amide bonds. The number of piperidine rings is 1. The van der Waals surface area contributed by atoms with Crippen LogP contribution in [0.15, 0.2) is 16.5 Å². The third-order valence-corrected chi connectivity index (χ3v) is 5.86. The fourth-order valence-electron chi connectivity index (χ4n) is 4.60. The van der Waals surface area contributed by atoms with Crippen molar-refractivity contribution in [3.05, 3.63) is 23.7 Å². The maximum Gasteiger partial charge on any atom is 0.226 e. The van der Waals surface area contributed by atoms with Crippen LogP contribution in [0.4, 0.5) is 0 Å². The predicted molar refractivity (Wildman–Crippen MR) is 90.5 cm³/mol. The topological polar surface area (TPSA) is 45.9 Å². The third-order valence-electron chi connectivity index (χ3n) is 5.86. The highest BCUT2D eigenvalue weighted by Gasteiger charge is 2.43. The van der Waals surface area contributed by atoms with Crippen molar-refractivity contribution in [2.75, 3.05) is 32.8 Å². The molecular weight excluding hydrogens is 304 g/mol. The molecule has 24 heavy (non-hydrogen) atoms. The van der Waals surface area contributed by atoms with Crippen molar-refractivity contribution in [1.29, 1.82) is 0 Å². The highest BCUT2D eigenvalue weighted by atomic mass is 16.5. The van der Waals surface area contributed by atoms with Gasteiger partial charge in [-0.1, -0.05) is 0 Å². The molecule has 4 heterocycles. The van der Waals surface area contributed by atoms with Crippen LogP contribution >= 0.6 is 0 Å². The number of hydrogen-bond donors (Lipinski definition) is 0. The van der Waals surface area contributed by atoms with Gasteiger partial charge in [0.1, 0.15) is 11.5 Å². The number of furan rings is 1. The molecule has 0 spiro atoms. The largest absolute Gasteiger partial charge is 0.465 e. The van der Waals surface area contributed by atoms with Gasteiger partial charge in [-0.15, -0.1) is 0 Å². The molecule has 3 aliphatic rings. The van der Waals surface area contributed by atoms with E-state index >= 15 is 0 Å². The molecule has 1 aromatic rings. The van der Waals surface area contributed by atoms with E-state index in [2.05, 4.69) is 15.9 Å². The standard InChI is InChI=1S/C19H28N2O3/c1-14-4-5-15(24-14)12-20-10-6-18-17(13-20)16(7-11-23-18)19(22)21-8-2-3-9-21/h4-5,16-18H,2-3,6-13H2,1H3/t16-,17+,18-/m1/s1. The Kier molecular flexibility index (Phi) is 4.63. The van der Waals surface area contributed by atoms with Gasteiger partial charge >= 0.3 is 0 Å². The summed E-state index contributed by atoms with van der Waals surface area (Å²) < 4.78 is 11.7. The molecular formula is C19H28N2O3. The van der Waals surface area contributed by atoms with Gasteiger partial charge in [-0.05, 0) is 44.7 Å². The number of hydrogen-bond acceptors (Lipinski definition) is 4. The Hall–Kier alpha value is -1.33. The van der Waals surface area contributed by atoms with Crippen LogP contribution in [0.2, 0.25) is 0 Å². The molecule has 0 bridgehead atoms. The van der Waals surface area contributed by atoms with E-state index < -0.39 is 0 Å². The molecule has 0 radical (unpaired) electrons. The maximum absolute atomic E-state index is 13.0. The Morgan fingerprint density at radius 1 is 1.21 bits per heavy atom. The Labute approximate surface area is 143 Å². The van der Waals surface area contributed by atoms with Crippen LogP contribution < -0.4 is 0 Å². The van der Waals surface area contributed by atoms with E-state index in [1.165, 1.54) is 0 Å². The lowest BCUT2D eigenvalue weighted by atomic mass is 9.78. The summed E-state index contributed by atoms with van der Waals surface area (Å²) in [5, 5.41) is 0. The lowest BCUT2D eigenvalue weighted by Gasteiger charge is -2.45. The van der Waals surface area contributed by atoms with E-state index in [9.17, 15) is 4.79 Å². The van der Waals surface area contributed by atoms with E-state index in [0.29, 0.717) is 11.8 Å². The number of carbonyl (C=O) groups excluding carboxylic acids is 1. The molecule has 3 atom stereocenters. The fourth-order valence-corrected chi connectivity index (χ4v) is 4.60. The van der Waals surface area contributed by atoms with Crippen LogP contribution in [0.25, 0.3) is 0 Å². The van der Waals surface area contributed by atoms with Crippen molar-refractivity contribution in [3.8, 4) is 0 Å². The number of fused-ring (bicyclic) bond motifs is 1. The third kappa shape index (κ3) is 3.24. The molecule has 0 aromatic carbocycles. The zero-order chi connectivity index (χ0) is 16.5. The highest BCUT2D eigenvalue weighted by molar-refractivity contribution is 5.79. The van der Waals surface area contributed by atoms with Crippen LogP contribution in [0.3, 0.4) is 0 Å². The lowest BCUT2D eigenvalue weighted by molar-refractivity contribution is -0.151. The lowest BCUT2D eigenvalue weighted by Crippen LogP contribution is -2.53. The minimum Gasteiger partial charge on any atom is -0.465 e. The zero-order valence-electron chi connectivity index (χ0n) is 14.6. The van der Waals surface area contributed by atoms with Gasteiger partial charge in [-0.25, -0.2) is 0 Å². The summed E-state index contributed by atoms with van der Waals surface area (Å²) in [5.74, 6) is 2.83. The van der Waals surface area contributed by atoms with Crippen molar-refractivity contribution >= 4 is 5.91 Å². The van der Waals surface area contributed by atoms with E-state index in [1.54, 1.807) is 0 Å². The van der Waals surface area contributed by atoms with Gasteiger partial charge in [0.15, 0.2) is 0 Å². The van der Waals surface area contributed by atoms with Crippen molar-refractivity contribution in [2.45, 2.75) is 45.3 Å². The number of likely N-dealkylation sites (tertiary alicyclic amines) is 2. The van der Waals surface area contributed by atoms with Gasteiger partial charge in [0.25, 0.3) is 0 Å². The van der Waals surface area contributed by atoms with Gasteiger partial charge in [0.05, 0.1) is 12.6 Å². The number of nitrogens with zero attached hydrogens (tertiary/aromatic N) is 2. The SMILES string of the molecule is Cc1ccc(CN2CC[C@H]3OCC[C@@H](C(=O)N4CCCC4)[C@@H]3C2)o1. The molecule has 3 aliphatic heterocycles. The highest BCUT2D eigenvalue weighted by Crippen LogP contribution is 2.35. The van der Waals surface area contributed by atoms with Crippen molar-refractivity contribution in [1.82, 2.24) is 9.80 Å². The minimum atomic E-state index is 0.142. The average molecular weight is 332 g/mol. The summed E-state index contributed by atoms with van der Waals surface area (Å²) in [6, 6.07) is 4.08. The first-order valence-corrected chi connectivity index (χ1v) is 9.39. The summed E-state index contributed by atoms with van der Waals surface area (Å²) in [4.78, 5) is 17.5. The zero-order valence-corrected chi connectivity index (χ0v) is 14.6. The first-order chi connectivity index (χ1) is 11.7. The Morgan fingerprint density at radius 2 is 2.04 bits per heavy atom. The van der Waals surface area contributed by atoms with Crippen LogP contribution in [-0.4, -0.2) is 54.6 Å². The molecule has 1 aromatic heterocycles. The summed E-state index contributed by atoms with van der Waals surface area (Å²) >= 11 is 0. The molecule has 0 N–H and O–H groups in total. The van der Waals surface area contributed by atoms with E-state index in [0.717, 1.165) is 76.5 Å². The Morgan fingerprint density at radius 3 is 2.79 bits per heavy atom. The fraction of sp³-hybridized carbons (Fsp3) is 0.737. The quantitative estimate of drug-likeness (QED) is 0.853. The van der Waals surface area contributed by atoms with E-state index in [-0.39, 0.29) is 12.0 Å². The van der Waals surface area contributed by atoms with E-state index in [4.69, 9.17) is 9.15 Å². The molecule has 4 rings (SSSR count). The Balaban J connectivity index is 1.43. The van der Waals surface area contributed by atoms with Crippen LogP contribution in [-0.2, 0) is 16.1 Å². The molecule has 0 unspecified atom stereocenters. The molecule has 5 nitrogen and oxygen atoms in total. The van der Waals surface area contributed by atoms with Gasteiger partial charge in [0, 0.05) is 44.6 Å². The molecule has 0 aliphatic carbocycles. The molecule has 3 fully saturated rings. The normalized spacial score (nSPS) is 31.2. The van der Waals surface area contributed by atoms with Crippen molar-refractivity contribution in [2.24, 2.45) is 11.8 Å². The number of amides is 1.